The Morgan fingerprint density at radius 1 is 1.22 bits per heavy atom. The van der Waals surface area contributed by atoms with Crippen molar-refractivity contribution in [3.63, 3.8) is 0 Å². The van der Waals surface area contributed by atoms with Crippen LogP contribution in [0.2, 0.25) is 0 Å². The predicted octanol–water partition coefficient (Wildman–Crippen LogP) is 2.44. The van der Waals surface area contributed by atoms with E-state index in [2.05, 4.69) is 15.3 Å². The topological polar surface area (TPSA) is 79.6 Å². The molecule has 3 aromatic heterocycles. The lowest BCUT2D eigenvalue weighted by molar-refractivity contribution is 0.0781. The SMILES string of the molecule is Cc1c(C(=O)N2CC3CCC(NC(=O)c4cncs4)C3C2)sc2cncn12. The molecule has 1 saturated heterocycles. The zero-order chi connectivity index (χ0) is 18.5. The highest BCUT2D eigenvalue weighted by molar-refractivity contribution is 7.19. The number of amides is 2. The van der Waals surface area contributed by atoms with Crippen molar-refractivity contribution in [2.75, 3.05) is 13.1 Å². The number of aromatic nitrogens is 3. The normalized spacial score (nSPS) is 24.5. The van der Waals surface area contributed by atoms with Crippen LogP contribution < -0.4 is 5.32 Å². The first-order chi connectivity index (χ1) is 13.1. The molecule has 7 nitrogen and oxygen atoms in total. The predicted molar refractivity (Wildman–Crippen MR) is 103 cm³/mol. The van der Waals surface area contributed by atoms with E-state index in [-0.39, 0.29) is 17.9 Å². The van der Waals surface area contributed by atoms with Crippen molar-refractivity contribution in [2.45, 2.75) is 25.8 Å². The van der Waals surface area contributed by atoms with E-state index < -0.39 is 0 Å². The number of aryl methyl sites for hydroxylation is 1. The van der Waals surface area contributed by atoms with Crippen molar-refractivity contribution in [3.05, 3.63) is 39.7 Å². The van der Waals surface area contributed by atoms with Gasteiger partial charge in [0.25, 0.3) is 11.8 Å². The van der Waals surface area contributed by atoms with Crippen molar-refractivity contribution in [1.29, 1.82) is 0 Å². The summed E-state index contributed by atoms with van der Waals surface area (Å²) in [4.78, 5) is 38.0. The molecule has 4 heterocycles. The maximum atomic E-state index is 13.1. The molecule has 5 rings (SSSR count). The molecule has 3 aromatic rings. The van der Waals surface area contributed by atoms with Gasteiger partial charge in [0.15, 0.2) is 0 Å². The number of carbonyl (C=O) groups excluding carboxylic acids is 2. The van der Waals surface area contributed by atoms with Gasteiger partial charge >= 0.3 is 0 Å². The second-order valence-electron chi connectivity index (χ2n) is 7.28. The first-order valence-electron chi connectivity index (χ1n) is 9.02. The summed E-state index contributed by atoms with van der Waals surface area (Å²) in [7, 11) is 0. The van der Waals surface area contributed by atoms with Crippen LogP contribution in [0.5, 0.6) is 0 Å². The fourth-order valence-corrected chi connectivity index (χ4v) is 6.01. The third-order valence-corrected chi connectivity index (χ3v) is 7.77. The van der Waals surface area contributed by atoms with Crippen LogP contribution in [0, 0.1) is 18.8 Å². The molecule has 2 amide bonds. The number of rotatable bonds is 3. The molecule has 3 unspecified atom stereocenters. The molecule has 140 valence electrons. The Kier molecular flexibility index (Phi) is 4.01. The smallest absolute Gasteiger partial charge is 0.265 e. The summed E-state index contributed by atoms with van der Waals surface area (Å²) in [5, 5.41) is 3.16. The van der Waals surface area contributed by atoms with E-state index in [0.717, 1.165) is 34.8 Å². The summed E-state index contributed by atoms with van der Waals surface area (Å²) in [5.41, 5.74) is 2.62. The number of carbonyl (C=O) groups is 2. The summed E-state index contributed by atoms with van der Waals surface area (Å²) in [6, 6.07) is 0.131. The lowest BCUT2D eigenvalue weighted by Crippen LogP contribution is -2.40. The first-order valence-corrected chi connectivity index (χ1v) is 10.7. The van der Waals surface area contributed by atoms with E-state index in [9.17, 15) is 9.59 Å². The minimum atomic E-state index is -0.0512. The number of likely N-dealkylation sites (tertiary alicyclic amines) is 1. The standard InChI is InChI=1S/C18H19N5O2S2/c1-10-16(27-15-5-19-8-23(10)15)18(25)22-6-11-2-3-13(12(11)7-22)21-17(24)14-4-20-9-26-14/h4-5,8-9,11-13H,2-3,6-7H2,1H3,(H,21,24). The zero-order valence-electron chi connectivity index (χ0n) is 14.8. The van der Waals surface area contributed by atoms with Gasteiger partial charge in [-0.15, -0.1) is 22.7 Å². The van der Waals surface area contributed by atoms with Gasteiger partial charge in [0, 0.05) is 30.7 Å². The van der Waals surface area contributed by atoms with Gasteiger partial charge in [0.1, 0.15) is 20.9 Å². The summed E-state index contributed by atoms with van der Waals surface area (Å²) in [6.07, 6.45) is 7.18. The van der Waals surface area contributed by atoms with Crippen molar-refractivity contribution in [2.24, 2.45) is 11.8 Å². The Morgan fingerprint density at radius 3 is 2.89 bits per heavy atom. The van der Waals surface area contributed by atoms with Gasteiger partial charge < -0.3 is 10.2 Å². The number of hydrogen-bond acceptors (Lipinski definition) is 6. The number of nitrogens with one attached hydrogen (secondary N) is 1. The molecule has 1 N–H and O–H groups in total. The summed E-state index contributed by atoms with van der Waals surface area (Å²) in [5.74, 6) is 0.847. The number of nitrogens with zero attached hydrogens (tertiary/aromatic N) is 4. The number of thiazole rings is 2. The Labute approximate surface area is 164 Å². The summed E-state index contributed by atoms with van der Waals surface area (Å²) in [6.45, 7) is 3.45. The van der Waals surface area contributed by atoms with E-state index >= 15 is 0 Å². The van der Waals surface area contributed by atoms with E-state index in [1.54, 1.807) is 24.2 Å². The van der Waals surface area contributed by atoms with E-state index in [1.165, 1.54) is 22.7 Å². The van der Waals surface area contributed by atoms with Gasteiger partial charge in [-0.3, -0.25) is 19.0 Å². The molecule has 1 aliphatic heterocycles. The van der Waals surface area contributed by atoms with Gasteiger partial charge in [-0.05, 0) is 25.7 Å². The second kappa shape index (κ2) is 6.42. The van der Waals surface area contributed by atoms with Crippen LogP contribution in [-0.2, 0) is 0 Å². The molecule has 9 heteroatoms. The Balaban J connectivity index is 1.30. The van der Waals surface area contributed by atoms with E-state index in [1.807, 2.05) is 16.2 Å². The largest absolute Gasteiger partial charge is 0.348 e. The fraction of sp³-hybridized carbons (Fsp3) is 0.444. The molecule has 0 bridgehead atoms. The average molecular weight is 402 g/mol. The van der Waals surface area contributed by atoms with Crippen molar-refractivity contribution >= 4 is 39.3 Å². The monoisotopic (exact) mass is 401 g/mol. The van der Waals surface area contributed by atoms with Crippen molar-refractivity contribution < 1.29 is 9.59 Å². The van der Waals surface area contributed by atoms with Gasteiger partial charge in [-0.1, -0.05) is 0 Å². The lowest BCUT2D eigenvalue weighted by atomic mass is 9.98. The van der Waals surface area contributed by atoms with Gasteiger partial charge in [0.2, 0.25) is 0 Å². The van der Waals surface area contributed by atoms with E-state index in [0.29, 0.717) is 23.3 Å². The minimum absolute atomic E-state index is 0.0512. The summed E-state index contributed by atoms with van der Waals surface area (Å²) < 4.78 is 1.97. The highest BCUT2D eigenvalue weighted by Crippen LogP contribution is 2.39. The Morgan fingerprint density at radius 2 is 2.11 bits per heavy atom. The maximum Gasteiger partial charge on any atom is 0.265 e. The molecule has 27 heavy (non-hydrogen) atoms. The number of imidazole rings is 1. The van der Waals surface area contributed by atoms with Crippen LogP contribution in [0.1, 0.15) is 37.9 Å². The molecule has 0 radical (unpaired) electrons. The number of fused-ring (bicyclic) bond motifs is 2. The highest BCUT2D eigenvalue weighted by atomic mass is 32.1. The Hall–Kier alpha value is -2.26. The summed E-state index contributed by atoms with van der Waals surface area (Å²) >= 11 is 2.85. The molecule has 1 aliphatic carbocycles. The van der Waals surface area contributed by atoms with Gasteiger partial charge in [-0.25, -0.2) is 4.98 Å². The number of hydrogen-bond donors (Lipinski definition) is 1. The molecule has 0 aromatic carbocycles. The Bertz CT molecular complexity index is 1010. The van der Waals surface area contributed by atoms with Crippen LogP contribution in [0.4, 0.5) is 0 Å². The van der Waals surface area contributed by atoms with Gasteiger partial charge in [0.05, 0.1) is 17.9 Å². The molecule has 1 saturated carbocycles. The fourth-order valence-electron chi connectivity index (χ4n) is 4.42. The molecular weight excluding hydrogens is 382 g/mol. The van der Waals surface area contributed by atoms with Crippen LogP contribution in [0.25, 0.3) is 4.83 Å². The van der Waals surface area contributed by atoms with E-state index in [4.69, 9.17) is 0 Å². The lowest BCUT2D eigenvalue weighted by Gasteiger charge is -2.21. The average Bonchev–Trinajstić information content (AvgIpc) is 3.44. The molecule has 0 spiro atoms. The minimum Gasteiger partial charge on any atom is -0.348 e. The zero-order valence-corrected chi connectivity index (χ0v) is 16.4. The van der Waals surface area contributed by atoms with Crippen LogP contribution in [0.3, 0.4) is 0 Å². The third-order valence-electron chi connectivity index (χ3n) is 5.81. The third kappa shape index (κ3) is 2.76. The van der Waals surface area contributed by atoms with Crippen LogP contribution >= 0.6 is 22.7 Å². The van der Waals surface area contributed by atoms with Crippen molar-refractivity contribution in [1.82, 2.24) is 24.6 Å². The quantitative estimate of drug-likeness (QED) is 0.731. The second-order valence-corrected chi connectivity index (χ2v) is 9.19. The highest BCUT2D eigenvalue weighted by Gasteiger charge is 2.45. The van der Waals surface area contributed by atoms with Crippen LogP contribution in [0.15, 0.2) is 24.2 Å². The van der Waals surface area contributed by atoms with Crippen LogP contribution in [-0.4, -0.2) is 50.2 Å². The van der Waals surface area contributed by atoms with Gasteiger partial charge in [-0.2, -0.15) is 0 Å². The molecule has 2 fully saturated rings. The molecular formula is C18H19N5O2S2. The van der Waals surface area contributed by atoms with Crippen molar-refractivity contribution in [3.8, 4) is 0 Å². The first kappa shape index (κ1) is 16.9. The maximum absolute atomic E-state index is 13.1. The molecule has 3 atom stereocenters. The molecule has 2 aliphatic rings.